The lowest BCUT2D eigenvalue weighted by Crippen LogP contribution is -2.20. The predicted molar refractivity (Wildman–Crippen MR) is 104 cm³/mol. The van der Waals surface area contributed by atoms with Crippen LogP contribution in [0, 0.1) is 6.92 Å². The van der Waals surface area contributed by atoms with Gasteiger partial charge in [0.25, 0.3) is 5.56 Å². The molecule has 4 aromatic rings. The van der Waals surface area contributed by atoms with Gasteiger partial charge in [0.05, 0.1) is 5.52 Å². The van der Waals surface area contributed by atoms with Gasteiger partial charge in [-0.05, 0) is 36.2 Å². The highest BCUT2D eigenvalue weighted by Crippen LogP contribution is 2.30. The molecule has 0 saturated carbocycles. The van der Waals surface area contributed by atoms with Gasteiger partial charge in [-0.15, -0.1) is 0 Å². The second kappa shape index (κ2) is 5.60. The van der Waals surface area contributed by atoms with E-state index in [-0.39, 0.29) is 5.56 Å². The lowest BCUT2D eigenvalue weighted by atomic mass is 10.0. The van der Waals surface area contributed by atoms with Crippen LogP contribution >= 0.6 is 0 Å². The molecule has 4 heteroatoms. The summed E-state index contributed by atoms with van der Waals surface area (Å²) in [7, 11) is 3.85. The first-order chi connectivity index (χ1) is 12.0. The van der Waals surface area contributed by atoms with Crippen LogP contribution in [0.15, 0.2) is 53.3 Å². The first kappa shape index (κ1) is 15.7. The summed E-state index contributed by atoms with van der Waals surface area (Å²) in [6.07, 6.45) is 0. The molecule has 0 fully saturated rings. The smallest absolute Gasteiger partial charge is 0.259 e. The number of benzene rings is 2. The third-order valence-corrected chi connectivity index (χ3v) is 5.00. The SMILES string of the molecule is Cc1ccc2c(c1)c1cc(-c3ccc(CN)cc3)c(=O)n(C)c1n2C. The highest BCUT2D eigenvalue weighted by Gasteiger charge is 2.15. The molecule has 0 radical (unpaired) electrons. The second-order valence-corrected chi connectivity index (χ2v) is 6.64. The molecule has 2 N–H and O–H groups in total. The summed E-state index contributed by atoms with van der Waals surface area (Å²) in [4.78, 5) is 13.0. The molecule has 0 bridgehead atoms. The van der Waals surface area contributed by atoms with Crippen LogP contribution in [0.3, 0.4) is 0 Å². The van der Waals surface area contributed by atoms with Gasteiger partial charge in [0.1, 0.15) is 5.65 Å². The fourth-order valence-electron chi connectivity index (χ4n) is 3.63. The number of aromatic nitrogens is 2. The topological polar surface area (TPSA) is 53.0 Å². The van der Waals surface area contributed by atoms with E-state index in [0.717, 1.165) is 27.7 Å². The molecule has 0 amide bonds. The molecule has 0 saturated heterocycles. The Kier molecular flexibility index (Phi) is 3.51. The third kappa shape index (κ3) is 2.29. The van der Waals surface area contributed by atoms with Crippen molar-refractivity contribution in [2.24, 2.45) is 19.8 Å². The van der Waals surface area contributed by atoms with Crippen molar-refractivity contribution in [3.63, 3.8) is 0 Å². The zero-order valence-corrected chi connectivity index (χ0v) is 14.7. The van der Waals surface area contributed by atoms with Crippen molar-refractivity contribution < 1.29 is 0 Å². The van der Waals surface area contributed by atoms with Crippen molar-refractivity contribution in [1.29, 1.82) is 0 Å². The van der Waals surface area contributed by atoms with Gasteiger partial charge in [-0.2, -0.15) is 0 Å². The van der Waals surface area contributed by atoms with Gasteiger partial charge in [-0.1, -0.05) is 35.9 Å². The molecule has 2 aromatic carbocycles. The van der Waals surface area contributed by atoms with Crippen molar-refractivity contribution in [2.75, 3.05) is 0 Å². The summed E-state index contributed by atoms with van der Waals surface area (Å²) in [6, 6.07) is 16.3. The molecule has 126 valence electrons. The summed E-state index contributed by atoms with van der Waals surface area (Å²) >= 11 is 0. The Bertz CT molecular complexity index is 1160. The molecular formula is C21H21N3O. The number of nitrogens with two attached hydrogens (primary N) is 1. The number of fused-ring (bicyclic) bond motifs is 3. The molecular weight excluding hydrogens is 310 g/mol. The van der Waals surface area contributed by atoms with Gasteiger partial charge < -0.3 is 10.3 Å². The first-order valence-electron chi connectivity index (χ1n) is 8.39. The van der Waals surface area contributed by atoms with Gasteiger partial charge >= 0.3 is 0 Å². The first-order valence-corrected chi connectivity index (χ1v) is 8.39. The maximum Gasteiger partial charge on any atom is 0.259 e. The highest BCUT2D eigenvalue weighted by molar-refractivity contribution is 6.08. The number of pyridine rings is 1. The summed E-state index contributed by atoms with van der Waals surface area (Å²) < 4.78 is 3.84. The average molecular weight is 331 g/mol. The molecule has 2 heterocycles. The zero-order chi connectivity index (χ0) is 17.7. The van der Waals surface area contributed by atoms with Crippen LogP contribution in [-0.4, -0.2) is 9.13 Å². The van der Waals surface area contributed by atoms with E-state index < -0.39 is 0 Å². The van der Waals surface area contributed by atoms with Gasteiger partial charge in [-0.25, -0.2) is 0 Å². The summed E-state index contributed by atoms with van der Waals surface area (Å²) in [6.45, 7) is 2.59. The van der Waals surface area contributed by atoms with E-state index in [1.807, 2.05) is 44.4 Å². The van der Waals surface area contributed by atoms with Crippen LogP contribution in [0.2, 0.25) is 0 Å². The van der Waals surface area contributed by atoms with E-state index in [2.05, 4.69) is 29.7 Å². The number of hydrogen-bond acceptors (Lipinski definition) is 2. The molecule has 4 rings (SSSR count). The predicted octanol–water partition coefficient (Wildman–Crippen LogP) is 3.46. The fraction of sp³-hybridized carbons (Fsp3) is 0.190. The van der Waals surface area contributed by atoms with Gasteiger partial charge in [0.2, 0.25) is 0 Å². The molecule has 0 atom stereocenters. The maximum absolute atomic E-state index is 13.0. The zero-order valence-electron chi connectivity index (χ0n) is 14.7. The summed E-state index contributed by atoms with van der Waals surface area (Å²) in [5.74, 6) is 0. The minimum Gasteiger partial charge on any atom is -0.330 e. The Balaban J connectivity index is 2.09. The Hall–Kier alpha value is -2.85. The molecule has 4 nitrogen and oxygen atoms in total. The van der Waals surface area contributed by atoms with Crippen molar-refractivity contribution in [1.82, 2.24) is 9.13 Å². The van der Waals surface area contributed by atoms with E-state index in [1.165, 1.54) is 10.9 Å². The van der Waals surface area contributed by atoms with Crippen LogP contribution < -0.4 is 11.3 Å². The standard InChI is InChI=1S/C21H21N3O/c1-13-4-9-19-17(10-13)18-11-16(15-7-5-14(12-22)6-8-15)21(25)24(3)20(18)23(19)2/h4-11H,12,22H2,1-3H3. The van der Waals surface area contributed by atoms with Crippen molar-refractivity contribution in [3.8, 4) is 11.1 Å². The minimum absolute atomic E-state index is 0.00984. The number of nitrogens with zero attached hydrogens (tertiary/aromatic N) is 2. The van der Waals surface area contributed by atoms with Crippen LogP contribution in [0.5, 0.6) is 0 Å². The van der Waals surface area contributed by atoms with Crippen molar-refractivity contribution in [2.45, 2.75) is 13.5 Å². The van der Waals surface area contributed by atoms with Gasteiger partial charge in [-0.3, -0.25) is 9.36 Å². The Morgan fingerprint density at radius 2 is 1.64 bits per heavy atom. The van der Waals surface area contributed by atoms with Crippen molar-refractivity contribution in [3.05, 3.63) is 70.0 Å². The van der Waals surface area contributed by atoms with Crippen LogP contribution in [0.1, 0.15) is 11.1 Å². The fourth-order valence-corrected chi connectivity index (χ4v) is 3.63. The second-order valence-electron chi connectivity index (χ2n) is 6.64. The number of hydrogen-bond donors (Lipinski definition) is 1. The van der Waals surface area contributed by atoms with Crippen LogP contribution in [0.25, 0.3) is 33.1 Å². The molecule has 0 aliphatic heterocycles. The van der Waals surface area contributed by atoms with E-state index in [9.17, 15) is 4.79 Å². The van der Waals surface area contributed by atoms with E-state index in [1.54, 1.807) is 4.57 Å². The summed E-state index contributed by atoms with van der Waals surface area (Å²) in [5.41, 5.74) is 11.7. The lowest BCUT2D eigenvalue weighted by Gasteiger charge is -2.09. The maximum atomic E-state index is 13.0. The largest absolute Gasteiger partial charge is 0.330 e. The number of rotatable bonds is 2. The molecule has 0 spiro atoms. The Labute approximate surface area is 146 Å². The Morgan fingerprint density at radius 3 is 2.32 bits per heavy atom. The van der Waals surface area contributed by atoms with E-state index in [4.69, 9.17) is 5.73 Å². The van der Waals surface area contributed by atoms with Crippen molar-refractivity contribution >= 4 is 21.9 Å². The average Bonchev–Trinajstić information content (AvgIpc) is 2.90. The molecule has 2 aromatic heterocycles. The quantitative estimate of drug-likeness (QED) is 0.611. The molecule has 0 aliphatic rings. The third-order valence-electron chi connectivity index (χ3n) is 5.00. The number of aryl methyl sites for hydroxylation is 3. The molecule has 25 heavy (non-hydrogen) atoms. The van der Waals surface area contributed by atoms with Gasteiger partial charge in [0, 0.05) is 37.0 Å². The van der Waals surface area contributed by atoms with Gasteiger partial charge in [0.15, 0.2) is 0 Å². The van der Waals surface area contributed by atoms with Crippen LogP contribution in [0.4, 0.5) is 0 Å². The van der Waals surface area contributed by atoms with E-state index in [0.29, 0.717) is 12.1 Å². The van der Waals surface area contributed by atoms with Crippen LogP contribution in [-0.2, 0) is 20.6 Å². The normalized spacial score (nSPS) is 11.5. The lowest BCUT2D eigenvalue weighted by molar-refractivity contribution is 0.846. The Morgan fingerprint density at radius 1 is 0.920 bits per heavy atom. The summed E-state index contributed by atoms with van der Waals surface area (Å²) in [5, 5.41) is 2.27. The highest BCUT2D eigenvalue weighted by atomic mass is 16.1. The van der Waals surface area contributed by atoms with E-state index >= 15 is 0 Å². The monoisotopic (exact) mass is 331 g/mol. The molecule has 0 unspecified atom stereocenters. The minimum atomic E-state index is 0.00984. The molecule has 0 aliphatic carbocycles.